The van der Waals surface area contributed by atoms with Gasteiger partial charge < -0.3 is 9.80 Å². The fourth-order valence-corrected chi connectivity index (χ4v) is 3.19. The molecular weight excluding hydrogens is 323 g/mol. The number of rotatable bonds is 4. The molecule has 0 aromatic heterocycles. The van der Waals surface area contributed by atoms with Crippen LogP contribution in [0.5, 0.6) is 0 Å². The first kappa shape index (κ1) is 16.6. The smallest absolute Gasteiger partial charge is 0.366 e. The van der Waals surface area contributed by atoms with E-state index in [1.165, 1.54) is 9.80 Å². The number of para-hydroxylation sites is 2. The highest BCUT2D eigenvalue weighted by Gasteiger charge is 2.34. The van der Waals surface area contributed by atoms with Gasteiger partial charge in [0.05, 0.1) is 11.4 Å². The Kier molecular flexibility index (Phi) is 4.38. The molecule has 2 aliphatic heterocycles. The zero-order chi connectivity index (χ0) is 17.3. The summed E-state index contributed by atoms with van der Waals surface area (Å²) in [5, 5.41) is 0. The molecule has 1 aromatic rings. The number of imide groups is 1. The second kappa shape index (κ2) is 6.33. The van der Waals surface area contributed by atoms with Gasteiger partial charge in [-0.25, -0.2) is 0 Å². The Balaban J connectivity index is 1.72. The van der Waals surface area contributed by atoms with Crippen molar-refractivity contribution in [2.45, 2.75) is 19.0 Å². The molecule has 1 fully saturated rings. The largest absolute Gasteiger partial charge is 0.405 e. The zero-order valence-electron chi connectivity index (χ0n) is 13.1. The van der Waals surface area contributed by atoms with E-state index >= 15 is 0 Å². The van der Waals surface area contributed by atoms with Crippen LogP contribution in [-0.2, 0) is 9.59 Å². The van der Waals surface area contributed by atoms with E-state index in [1.807, 2.05) is 4.90 Å². The lowest BCUT2D eigenvalue weighted by molar-refractivity contribution is -0.138. The van der Waals surface area contributed by atoms with E-state index in [1.54, 1.807) is 24.3 Å². The average molecular weight is 341 g/mol. The van der Waals surface area contributed by atoms with Gasteiger partial charge in [-0.2, -0.15) is 13.2 Å². The molecule has 2 amide bonds. The average Bonchev–Trinajstić information content (AvgIpc) is 2.84. The fraction of sp³-hybridized carbons (Fsp3) is 0.500. The number of alkyl halides is 3. The van der Waals surface area contributed by atoms with Gasteiger partial charge in [-0.1, -0.05) is 12.1 Å². The number of benzene rings is 1. The van der Waals surface area contributed by atoms with Crippen molar-refractivity contribution in [2.75, 3.05) is 42.5 Å². The van der Waals surface area contributed by atoms with Gasteiger partial charge in [0, 0.05) is 39.0 Å². The lowest BCUT2D eigenvalue weighted by atomic mass is 10.1. The normalized spacial score (nSPS) is 18.4. The van der Waals surface area contributed by atoms with Crippen LogP contribution in [0.25, 0.3) is 0 Å². The molecule has 0 saturated carbocycles. The maximum atomic E-state index is 12.7. The number of halogens is 3. The van der Waals surface area contributed by atoms with Crippen LogP contribution in [0.1, 0.15) is 12.8 Å². The summed E-state index contributed by atoms with van der Waals surface area (Å²) < 4.78 is 38.2. The van der Waals surface area contributed by atoms with Crippen molar-refractivity contribution in [3.63, 3.8) is 0 Å². The van der Waals surface area contributed by atoms with Crippen molar-refractivity contribution >= 4 is 23.2 Å². The number of likely N-dealkylation sites (tertiary alicyclic amines) is 1. The maximum Gasteiger partial charge on any atom is 0.405 e. The highest BCUT2D eigenvalue weighted by molar-refractivity contribution is 6.01. The van der Waals surface area contributed by atoms with Gasteiger partial charge in [0.2, 0.25) is 11.8 Å². The van der Waals surface area contributed by atoms with Crippen molar-refractivity contribution in [3.8, 4) is 0 Å². The third kappa shape index (κ3) is 3.47. The van der Waals surface area contributed by atoms with Gasteiger partial charge in [-0.3, -0.25) is 14.5 Å². The predicted molar refractivity (Wildman–Crippen MR) is 82.9 cm³/mol. The quantitative estimate of drug-likeness (QED) is 0.786. The zero-order valence-corrected chi connectivity index (χ0v) is 13.1. The van der Waals surface area contributed by atoms with E-state index in [-0.39, 0.29) is 37.7 Å². The topological polar surface area (TPSA) is 43.9 Å². The molecule has 0 N–H and O–H groups in total. The van der Waals surface area contributed by atoms with Crippen LogP contribution < -0.4 is 9.80 Å². The van der Waals surface area contributed by atoms with E-state index in [9.17, 15) is 22.8 Å². The van der Waals surface area contributed by atoms with Crippen LogP contribution in [0.2, 0.25) is 0 Å². The minimum absolute atomic E-state index is 0.177. The minimum Gasteiger partial charge on any atom is -0.366 e. The number of anilines is 2. The molecule has 0 bridgehead atoms. The Bertz CT molecular complexity index is 632. The maximum absolute atomic E-state index is 12.7. The van der Waals surface area contributed by atoms with Gasteiger partial charge in [-0.15, -0.1) is 0 Å². The number of hydrogen-bond donors (Lipinski definition) is 0. The van der Waals surface area contributed by atoms with Crippen LogP contribution in [0.15, 0.2) is 24.3 Å². The van der Waals surface area contributed by atoms with E-state index in [4.69, 9.17) is 0 Å². The van der Waals surface area contributed by atoms with E-state index in [2.05, 4.69) is 0 Å². The number of carbonyl (C=O) groups is 2. The van der Waals surface area contributed by atoms with E-state index in [0.717, 1.165) is 0 Å². The number of carbonyl (C=O) groups excluding carboxylic acids is 2. The van der Waals surface area contributed by atoms with Gasteiger partial charge >= 0.3 is 6.18 Å². The summed E-state index contributed by atoms with van der Waals surface area (Å²) in [5.74, 6) is -0.354. The molecular formula is C16H18F3N3O2. The SMILES string of the molecule is O=C1CCC(=O)N1CCN1CCN(CC(F)(F)F)c2ccccc21. The van der Waals surface area contributed by atoms with Gasteiger partial charge in [-0.05, 0) is 12.1 Å². The number of nitrogens with zero attached hydrogens (tertiary/aromatic N) is 3. The molecule has 0 spiro atoms. The first-order chi connectivity index (χ1) is 11.3. The number of hydrogen-bond acceptors (Lipinski definition) is 4. The lowest BCUT2D eigenvalue weighted by Gasteiger charge is -2.39. The Labute approximate surface area is 137 Å². The first-order valence-corrected chi connectivity index (χ1v) is 7.84. The molecule has 0 radical (unpaired) electrons. The monoisotopic (exact) mass is 341 g/mol. The minimum atomic E-state index is -4.26. The molecule has 3 rings (SSSR count). The molecule has 2 heterocycles. The molecule has 24 heavy (non-hydrogen) atoms. The molecule has 1 saturated heterocycles. The van der Waals surface area contributed by atoms with Crippen LogP contribution in [0, 0.1) is 0 Å². The van der Waals surface area contributed by atoms with Crippen LogP contribution in [-0.4, -0.2) is 55.6 Å². The molecule has 0 unspecified atom stereocenters. The first-order valence-electron chi connectivity index (χ1n) is 7.84. The van der Waals surface area contributed by atoms with E-state index in [0.29, 0.717) is 24.5 Å². The molecule has 2 aliphatic rings. The molecule has 1 aromatic carbocycles. The van der Waals surface area contributed by atoms with Gasteiger partial charge in [0.25, 0.3) is 0 Å². The summed E-state index contributed by atoms with van der Waals surface area (Å²) in [6.07, 6.45) is -3.77. The predicted octanol–water partition coefficient (Wildman–Crippen LogP) is 2.02. The molecule has 0 aliphatic carbocycles. The van der Waals surface area contributed by atoms with Crippen LogP contribution in [0.3, 0.4) is 0 Å². The van der Waals surface area contributed by atoms with E-state index < -0.39 is 12.7 Å². The summed E-state index contributed by atoms with van der Waals surface area (Å²) in [7, 11) is 0. The Morgan fingerprint density at radius 3 is 2.00 bits per heavy atom. The van der Waals surface area contributed by atoms with Crippen LogP contribution >= 0.6 is 0 Å². The van der Waals surface area contributed by atoms with Crippen molar-refractivity contribution in [2.24, 2.45) is 0 Å². The van der Waals surface area contributed by atoms with Crippen molar-refractivity contribution in [1.82, 2.24) is 4.90 Å². The molecule has 130 valence electrons. The van der Waals surface area contributed by atoms with Crippen molar-refractivity contribution < 1.29 is 22.8 Å². The summed E-state index contributed by atoms with van der Waals surface area (Å²) in [4.78, 5) is 27.8. The molecule has 8 heteroatoms. The summed E-state index contributed by atoms with van der Waals surface area (Å²) in [5.41, 5.74) is 1.23. The van der Waals surface area contributed by atoms with Gasteiger partial charge in [0.15, 0.2) is 0 Å². The number of fused-ring (bicyclic) bond motifs is 1. The second-order valence-electron chi connectivity index (χ2n) is 5.95. The summed E-state index contributed by atoms with van der Waals surface area (Å²) >= 11 is 0. The Hall–Kier alpha value is -2.25. The molecule has 0 atom stereocenters. The van der Waals surface area contributed by atoms with Crippen molar-refractivity contribution in [1.29, 1.82) is 0 Å². The molecule has 5 nitrogen and oxygen atoms in total. The number of amides is 2. The van der Waals surface area contributed by atoms with Gasteiger partial charge in [0.1, 0.15) is 6.54 Å². The third-order valence-electron chi connectivity index (χ3n) is 4.32. The third-order valence-corrected chi connectivity index (χ3v) is 4.32. The van der Waals surface area contributed by atoms with Crippen LogP contribution in [0.4, 0.5) is 24.5 Å². The Morgan fingerprint density at radius 1 is 0.875 bits per heavy atom. The van der Waals surface area contributed by atoms with Crippen molar-refractivity contribution in [3.05, 3.63) is 24.3 Å². The fourth-order valence-electron chi connectivity index (χ4n) is 3.19. The highest BCUT2D eigenvalue weighted by atomic mass is 19.4. The summed E-state index contributed by atoms with van der Waals surface area (Å²) in [6.45, 7) is 0.377. The summed E-state index contributed by atoms with van der Waals surface area (Å²) in [6, 6.07) is 6.92. The highest BCUT2D eigenvalue weighted by Crippen LogP contribution is 2.34. The standard InChI is InChI=1S/C16H18F3N3O2/c17-16(18,19)11-21-8-7-20(12-3-1-2-4-13(12)21)9-10-22-14(23)5-6-15(22)24/h1-4H,5-11H2. The second-order valence-corrected chi connectivity index (χ2v) is 5.95. The lowest BCUT2D eigenvalue weighted by Crippen LogP contribution is -2.47. The Morgan fingerprint density at radius 2 is 1.42 bits per heavy atom.